The molecule has 1 amide bonds. The van der Waals surface area contributed by atoms with Crippen molar-refractivity contribution < 1.29 is 9.53 Å². The van der Waals surface area contributed by atoms with Gasteiger partial charge < -0.3 is 15.0 Å². The molecule has 0 aliphatic heterocycles. The van der Waals surface area contributed by atoms with E-state index in [1.807, 2.05) is 38.4 Å². The smallest absolute Gasteiger partial charge is 0.241 e. The van der Waals surface area contributed by atoms with Gasteiger partial charge >= 0.3 is 0 Å². The summed E-state index contributed by atoms with van der Waals surface area (Å²) >= 11 is 0. The number of carbonyl (C=O) groups excluding carboxylic acids is 1. The van der Waals surface area contributed by atoms with Crippen molar-refractivity contribution in [3.05, 3.63) is 48.3 Å². The Hall–Kier alpha value is -2.34. The largest absolute Gasteiger partial charge is 0.496 e. The standard InChI is InChI=1S/C16H22N4O2/c1-19(2)14(13-7-4-5-8-15(13)22-3)11-17-16(21)12-20-10-6-9-18-20/h4-10,14H,11-12H2,1-3H3,(H,17,21)/t14-/m0/s1. The van der Waals surface area contributed by atoms with Crippen molar-refractivity contribution in [2.45, 2.75) is 12.6 Å². The van der Waals surface area contributed by atoms with E-state index in [1.165, 1.54) is 0 Å². The number of benzene rings is 1. The van der Waals surface area contributed by atoms with Crippen molar-refractivity contribution in [2.24, 2.45) is 0 Å². The van der Waals surface area contributed by atoms with E-state index < -0.39 is 0 Å². The number of carbonyl (C=O) groups is 1. The lowest BCUT2D eigenvalue weighted by Gasteiger charge is -2.26. The highest BCUT2D eigenvalue weighted by Crippen LogP contribution is 2.27. The molecule has 118 valence electrons. The molecule has 0 aliphatic carbocycles. The van der Waals surface area contributed by atoms with Crippen LogP contribution in [0.15, 0.2) is 42.7 Å². The number of para-hydroxylation sites is 1. The van der Waals surface area contributed by atoms with Gasteiger partial charge in [0.05, 0.1) is 13.2 Å². The van der Waals surface area contributed by atoms with Crippen molar-refractivity contribution in [1.82, 2.24) is 20.0 Å². The predicted molar refractivity (Wildman–Crippen MR) is 84.7 cm³/mol. The molecule has 0 aliphatic rings. The molecule has 0 saturated heterocycles. The van der Waals surface area contributed by atoms with E-state index in [-0.39, 0.29) is 18.5 Å². The van der Waals surface area contributed by atoms with Gasteiger partial charge in [0.15, 0.2) is 0 Å². The number of methoxy groups -OCH3 is 1. The first kappa shape index (κ1) is 16.0. The minimum absolute atomic E-state index is 0.0396. The molecule has 1 heterocycles. The van der Waals surface area contributed by atoms with Gasteiger partial charge in [-0.15, -0.1) is 0 Å². The van der Waals surface area contributed by atoms with Crippen molar-refractivity contribution in [3.63, 3.8) is 0 Å². The van der Waals surface area contributed by atoms with Crippen LogP contribution < -0.4 is 10.1 Å². The molecule has 6 nitrogen and oxygen atoms in total. The van der Waals surface area contributed by atoms with E-state index in [2.05, 4.69) is 15.3 Å². The molecule has 0 spiro atoms. The van der Waals surface area contributed by atoms with Crippen LogP contribution in [0.2, 0.25) is 0 Å². The second kappa shape index (κ2) is 7.61. The molecule has 0 bridgehead atoms. The highest BCUT2D eigenvalue weighted by atomic mass is 16.5. The Morgan fingerprint density at radius 2 is 2.14 bits per heavy atom. The Labute approximate surface area is 130 Å². The fraction of sp³-hybridized carbons (Fsp3) is 0.375. The van der Waals surface area contributed by atoms with Crippen LogP contribution in [-0.2, 0) is 11.3 Å². The van der Waals surface area contributed by atoms with E-state index in [1.54, 1.807) is 30.3 Å². The second-order valence-electron chi connectivity index (χ2n) is 5.23. The molecule has 0 saturated carbocycles. The van der Waals surface area contributed by atoms with Crippen LogP contribution in [-0.4, -0.2) is 48.3 Å². The van der Waals surface area contributed by atoms with Gasteiger partial charge in [-0.25, -0.2) is 0 Å². The number of aromatic nitrogens is 2. The first-order chi connectivity index (χ1) is 10.6. The molecule has 1 N–H and O–H groups in total. The maximum Gasteiger partial charge on any atom is 0.241 e. The summed E-state index contributed by atoms with van der Waals surface area (Å²) in [5.74, 6) is 0.757. The average Bonchev–Trinajstić information content (AvgIpc) is 3.00. The van der Waals surface area contributed by atoms with E-state index in [0.29, 0.717) is 6.54 Å². The normalized spacial score (nSPS) is 12.2. The Morgan fingerprint density at radius 3 is 2.77 bits per heavy atom. The summed E-state index contributed by atoms with van der Waals surface area (Å²) < 4.78 is 7.02. The first-order valence-electron chi connectivity index (χ1n) is 7.15. The van der Waals surface area contributed by atoms with Crippen LogP contribution >= 0.6 is 0 Å². The zero-order valence-electron chi connectivity index (χ0n) is 13.2. The quantitative estimate of drug-likeness (QED) is 0.838. The van der Waals surface area contributed by atoms with Crippen LogP contribution in [0.4, 0.5) is 0 Å². The first-order valence-corrected chi connectivity index (χ1v) is 7.15. The number of hydrogen-bond acceptors (Lipinski definition) is 4. The molecule has 22 heavy (non-hydrogen) atoms. The molecule has 1 atom stereocenters. The lowest BCUT2D eigenvalue weighted by molar-refractivity contribution is -0.122. The SMILES string of the molecule is COc1ccccc1[C@H](CNC(=O)Cn1cccn1)N(C)C. The number of hydrogen-bond donors (Lipinski definition) is 1. The van der Waals surface area contributed by atoms with Crippen molar-refractivity contribution in [1.29, 1.82) is 0 Å². The number of amides is 1. The van der Waals surface area contributed by atoms with Crippen molar-refractivity contribution in [3.8, 4) is 5.75 Å². The van der Waals surface area contributed by atoms with Gasteiger partial charge in [0, 0.05) is 24.5 Å². The Morgan fingerprint density at radius 1 is 1.36 bits per heavy atom. The third kappa shape index (κ3) is 4.08. The Bertz CT molecular complexity index is 596. The van der Waals surface area contributed by atoms with E-state index in [9.17, 15) is 4.79 Å². The molecule has 2 aromatic rings. The fourth-order valence-corrected chi connectivity index (χ4v) is 2.32. The van der Waals surface area contributed by atoms with E-state index in [0.717, 1.165) is 11.3 Å². The monoisotopic (exact) mass is 302 g/mol. The van der Waals surface area contributed by atoms with Gasteiger partial charge in [-0.05, 0) is 26.2 Å². The molecule has 0 fully saturated rings. The van der Waals surface area contributed by atoms with Gasteiger partial charge in [-0.2, -0.15) is 5.10 Å². The highest BCUT2D eigenvalue weighted by molar-refractivity contribution is 5.75. The zero-order chi connectivity index (χ0) is 15.9. The number of nitrogens with zero attached hydrogens (tertiary/aromatic N) is 3. The summed E-state index contributed by atoms with van der Waals surface area (Å²) in [6, 6.07) is 9.69. The Balaban J connectivity index is 2.01. The van der Waals surface area contributed by atoms with Crippen molar-refractivity contribution in [2.75, 3.05) is 27.7 Å². The molecular weight excluding hydrogens is 280 g/mol. The lowest BCUT2D eigenvalue weighted by Crippen LogP contribution is -2.36. The molecule has 0 radical (unpaired) electrons. The van der Waals surface area contributed by atoms with Crippen LogP contribution in [0.1, 0.15) is 11.6 Å². The average molecular weight is 302 g/mol. The summed E-state index contributed by atoms with van der Waals surface area (Å²) in [4.78, 5) is 14.1. The van der Waals surface area contributed by atoms with Crippen LogP contribution in [0, 0.1) is 0 Å². The number of ether oxygens (including phenoxy) is 1. The highest BCUT2D eigenvalue weighted by Gasteiger charge is 2.19. The summed E-state index contributed by atoms with van der Waals surface area (Å²) in [6.07, 6.45) is 3.42. The molecule has 1 aromatic heterocycles. The zero-order valence-corrected chi connectivity index (χ0v) is 13.2. The maximum absolute atomic E-state index is 12.0. The molecule has 1 aromatic carbocycles. The molecular formula is C16H22N4O2. The topological polar surface area (TPSA) is 59.4 Å². The molecule has 0 unspecified atom stereocenters. The maximum atomic E-state index is 12.0. The van der Waals surface area contributed by atoms with E-state index >= 15 is 0 Å². The van der Waals surface area contributed by atoms with E-state index in [4.69, 9.17) is 4.74 Å². The summed E-state index contributed by atoms with van der Waals surface area (Å²) in [6.45, 7) is 0.729. The summed E-state index contributed by atoms with van der Waals surface area (Å²) in [7, 11) is 5.62. The van der Waals surface area contributed by atoms with Crippen LogP contribution in [0.3, 0.4) is 0 Å². The fourth-order valence-electron chi connectivity index (χ4n) is 2.32. The molecule has 2 rings (SSSR count). The number of rotatable bonds is 7. The van der Waals surface area contributed by atoms with Gasteiger partial charge in [-0.3, -0.25) is 9.48 Å². The number of likely N-dealkylation sites (N-methyl/N-ethyl adjacent to an activating group) is 1. The summed E-state index contributed by atoms with van der Waals surface area (Å²) in [5.41, 5.74) is 1.05. The van der Waals surface area contributed by atoms with Crippen molar-refractivity contribution >= 4 is 5.91 Å². The van der Waals surface area contributed by atoms with Crippen LogP contribution in [0.25, 0.3) is 0 Å². The molecule has 6 heteroatoms. The number of nitrogens with one attached hydrogen (secondary N) is 1. The second-order valence-corrected chi connectivity index (χ2v) is 5.23. The summed E-state index contributed by atoms with van der Waals surface area (Å²) in [5, 5.41) is 6.98. The Kier molecular flexibility index (Phi) is 5.55. The lowest BCUT2D eigenvalue weighted by atomic mass is 10.0. The van der Waals surface area contributed by atoms with Gasteiger partial charge in [0.1, 0.15) is 12.3 Å². The van der Waals surface area contributed by atoms with Crippen LogP contribution in [0.5, 0.6) is 5.75 Å². The minimum Gasteiger partial charge on any atom is -0.496 e. The van der Waals surface area contributed by atoms with Gasteiger partial charge in [0.2, 0.25) is 5.91 Å². The third-order valence-electron chi connectivity index (χ3n) is 3.48. The van der Waals surface area contributed by atoms with Gasteiger partial charge in [-0.1, -0.05) is 18.2 Å². The van der Waals surface area contributed by atoms with Gasteiger partial charge in [0.25, 0.3) is 0 Å². The minimum atomic E-state index is -0.0644. The third-order valence-corrected chi connectivity index (χ3v) is 3.48. The predicted octanol–water partition coefficient (Wildman–Crippen LogP) is 1.31.